The largest absolute Gasteiger partial charge is 0.326 e. The molecule has 3 N–H and O–H groups in total. The summed E-state index contributed by atoms with van der Waals surface area (Å²) in [4.78, 5) is 0. The molecule has 3 atom stereocenters. The van der Waals surface area contributed by atoms with Crippen LogP contribution in [0, 0.1) is 11.2 Å². The van der Waals surface area contributed by atoms with Crippen LogP contribution in [0.15, 0.2) is 30.9 Å². The summed E-state index contributed by atoms with van der Waals surface area (Å²) in [6, 6.07) is 5.14. The van der Waals surface area contributed by atoms with Crippen molar-refractivity contribution >= 4 is 11.6 Å². The van der Waals surface area contributed by atoms with Crippen molar-refractivity contribution < 1.29 is 4.39 Å². The highest BCUT2D eigenvalue weighted by molar-refractivity contribution is 6.30. The molecule has 2 rings (SSSR count). The van der Waals surface area contributed by atoms with E-state index in [2.05, 4.69) is 25.7 Å². The molecule has 1 saturated heterocycles. The molecule has 0 amide bonds. The molecule has 1 aliphatic rings. The van der Waals surface area contributed by atoms with Gasteiger partial charge in [0, 0.05) is 24.5 Å². The zero-order valence-electron chi connectivity index (χ0n) is 12.0. The lowest BCUT2D eigenvalue weighted by molar-refractivity contribution is 0.349. The Morgan fingerprint density at radius 1 is 1.55 bits per heavy atom. The molecule has 0 aromatic heterocycles. The van der Waals surface area contributed by atoms with Crippen molar-refractivity contribution in [1.29, 1.82) is 0 Å². The van der Waals surface area contributed by atoms with Crippen LogP contribution in [0.4, 0.5) is 4.39 Å². The van der Waals surface area contributed by atoms with Crippen molar-refractivity contribution in [2.24, 2.45) is 11.1 Å². The highest BCUT2D eigenvalue weighted by atomic mass is 35.5. The average Bonchev–Trinajstić information content (AvgIpc) is 2.74. The molecule has 0 radical (unpaired) electrons. The van der Waals surface area contributed by atoms with Gasteiger partial charge in [0.2, 0.25) is 0 Å². The van der Waals surface area contributed by atoms with E-state index in [1.165, 1.54) is 0 Å². The second kappa shape index (κ2) is 5.84. The number of allylic oxidation sites excluding steroid dienone is 1. The molecule has 20 heavy (non-hydrogen) atoms. The van der Waals surface area contributed by atoms with Crippen LogP contribution in [0.3, 0.4) is 0 Å². The minimum atomic E-state index is -0.347. The van der Waals surface area contributed by atoms with E-state index in [4.69, 9.17) is 17.3 Å². The lowest BCUT2D eigenvalue weighted by Crippen LogP contribution is -2.41. The van der Waals surface area contributed by atoms with Gasteiger partial charge >= 0.3 is 0 Å². The van der Waals surface area contributed by atoms with Crippen LogP contribution >= 0.6 is 11.6 Å². The number of nitrogens with two attached hydrogens (primary N) is 1. The third-order valence-corrected chi connectivity index (χ3v) is 4.50. The van der Waals surface area contributed by atoms with Gasteiger partial charge < -0.3 is 11.1 Å². The normalized spacial score (nSPS) is 26.8. The topological polar surface area (TPSA) is 38.0 Å². The van der Waals surface area contributed by atoms with Crippen LogP contribution in [-0.4, -0.2) is 18.6 Å². The first-order valence-electron chi connectivity index (χ1n) is 6.92. The predicted octanol–water partition coefficient (Wildman–Crippen LogP) is 3.46. The molecule has 0 spiro atoms. The van der Waals surface area contributed by atoms with Crippen molar-refractivity contribution in [3.8, 4) is 0 Å². The maximum atomic E-state index is 14.1. The number of hydrogen-bond acceptors (Lipinski definition) is 2. The minimum absolute atomic E-state index is 0.0110. The first-order valence-corrected chi connectivity index (χ1v) is 7.30. The Balaban J connectivity index is 2.17. The van der Waals surface area contributed by atoms with Crippen LogP contribution in [0.2, 0.25) is 5.02 Å². The summed E-state index contributed by atoms with van der Waals surface area (Å²) >= 11 is 5.86. The van der Waals surface area contributed by atoms with Crippen molar-refractivity contribution in [2.45, 2.75) is 38.3 Å². The summed E-state index contributed by atoms with van der Waals surface area (Å²) in [7, 11) is 0. The standard InChI is InChI=1S/C16H22ClFN2/c1-4-16(2,3)8-13-15(19)11(9-20-13)10-6-5-7-12(17)14(10)18/h4-7,11,13,15,20H,1,8-9,19H2,2-3H3. The molecule has 1 fully saturated rings. The van der Waals surface area contributed by atoms with E-state index in [-0.39, 0.29) is 34.3 Å². The predicted molar refractivity (Wildman–Crippen MR) is 82.5 cm³/mol. The van der Waals surface area contributed by atoms with Crippen LogP contribution in [0.5, 0.6) is 0 Å². The Bertz CT molecular complexity index is 501. The number of hydrogen-bond donors (Lipinski definition) is 2. The summed E-state index contributed by atoms with van der Waals surface area (Å²) in [5.74, 6) is -0.389. The highest BCUT2D eigenvalue weighted by Crippen LogP contribution is 2.34. The van der Waals surface area contributed by atoms with Crippen molar-refractivity contribution in [3.05, 3.63) is 47.3 Å². The number of halogens is 2. The molecule has 1 aromatic rings. The van der Waals surface area contributed by atoms with Crippen LogP contribution in [0.1, 0.15) is 31.7 Å². The lowest BCUT2D eigenvalue weighted by atomic mass is 9.82. The Hall–Kier alpha value is -0.900. The molecule has 110 valence electrons. The zero-order chi connectivity index (χ0) is 14.9. The quantitative estimate of drug-likeness (QED) is 0.835. The number of benzene rings is 1. The second-order valence-electron chi connectivity index (χ2n) is 6.24. The number of nitrogens with one attached hydrogen (secondary N) is 1. The second-order valence-corrected chi connectivity index (χ2v) is 6.65. The monoisotopic (exact) mass is 296 g/mol. The highest BCUT2D eigenvalue weighted by Gasteiger charge is 2.37. The molecule has 0 bridgehead atoms. The van der Waals surface area contributed by atoms with Gasteiger partial charge in [-0.15, -0.1) is 6.58 Å². The molecule has 1 aliphatic heterocycles. The molecule has 2 nitrogen and oxygen atoms in total. The Morgan fingerprint density at radius 3 is 2.90 bits per heavy atom. The van der Waals surface area contributed by atoms with Gasteiger partial charge in [0.05, 0.1) is 5.02 Å². The molecule has 1 aromatic carbocycles. The summed E-state index contributed by atoms with van der Waals surface area (Å²) in [5.41, 5.74) is 6.95. The zero-order valence-corrected chi connectivity index (χ0v) is 12.8. The summed E-state index contributed by atoms with van der Waals surface area (Å²) in [6.07, 6.45) is 2.82. The minimum Gasteiger partial charge on any atom is -0.326 e. The average molecular weight is 297 g/mol. The van der Waals surface area contributed by atoms with E-state index in [0.29, 0.717) is 12.1 Å². The van der Waals surface area contributed by atoms with E-state index < -0.39 is 0 Å². The van der Waals surface area contributed by atoms with Gasteiger partial charge in [-0.25, -0.2) is 4.39 Å². The van der Waals surface area contributed by atoms with Crippen LogP contribution < -0.4 is 11.1 Å². The third-order valence-electron chi connectivity index (χ3n) is 4.21. The van der Waals surface area contributed by atoms with E-state index in [1.807, 2.05) is 6.08 Å². The van der Waals surface area contributed by atoms with E-state index >= 15 is 0 Å². The molecule has 0 saturated carbocycles. The Morgan fingerprint density at radius 2 is 2.25 bits per heavy atom. The molecular weight excluding hydrogens is 275 g/mol. The fourth-order valence-corrected chi connectivity index (χ4v) is 3.00. The smallest absolute Gasteiger partial charge is 0.145 e. The Labute approximate surface area is 125 Å². The molecule has 3 unspecified atom stereocenters. The van der Waals surface area contributed by atoms with Gasteiger partial charge in [-0.05, 0) is 23.5 Å². The maximum absolute atomic E-state index is 14.1. The van der Waals surface area contributed by atoms with Gasteiger partial charge in [0.25, 0.3) is 0 Å². The van der Waals surface area contributed by atoms with E-state index in [9.17, 15) is 4.39 Å². The van der Waals surface area contributed by atoms with Crippen molar-refractivity contribution in [3.63, 3.8) is 0 Å². The SMILES string of the molecule is C=CC(C)(C)CC1NCC(c2cccc(Cl)c2F)C1N. The molecule has 1 heterocycles. The third kappa shape index (κ3) is 3.05. The lowest BCUT2D eigenvalue weighted by Gasteiger charge is -2.28. The van der Waals surface area contributed by atoms with Crippen LogP contribution in [-0.2, 0) is 0 Å². The summed E-state index contributed by atoms with van der Waals surface area (Å²) in [5, 5.41) is 3.57. The summed E-state index contributed by atoms with van der Waals surface area (Å²) < 4.78 is 14.1. The van der Waals surface area contributed by atoms with E-state index in [1.54, 1.807) is 18.2 Å². The molecule has 4 heteroatoms. The van der Waals surface area contributed by atoms with Gasteiger partial charge in [0.15, 0.2) is 0 Å². The fraction of sp³-hybridized carbons (Fsp3) is 0.500. The van der Waals surface area contributed by atoms with E-state index in [0.717, 1.165) is 6.42 Å². The van der Waals surface area contributed by atoms with Crippen LogP contribution in [0.25, 0.3) is 0 Å². The van der Waals surface area contributed by atoms with Gasteiger partial charge in [-0.3, -0.25) is 0 Å². The van der Waals surface area contributed by atoms with Gasteiger partial charge in [-0.2, -0.15) is 0 Å². The first-order chi connectivity index (χ1) is 9.35. The maximum Gasteiger partial charge on any atom is 0.145 e. The molecular formula is C16H22ClFN2. The Kier molecular flexibility index (Phi) is 4.52. The first kappa shape index (κ1) is 15.5. The van der Waals surface area contributed by atoms with Gasteiger partial charge in [0.1, 0.15) is 5.82 Å². The molecule has 0 aliphatic carbocycles. The fourth-order valence-electron chi connectivity index (χ4n) is 2.81. The van der Waals surface area contributed by atoms with Crippen molar-refractivity contribution in [2.75, 3.05) is 6.54 Å². The van der Waals surface area contributed by atoms with Gasteiger partial charge in [-0.1, -0.05) is 43.7 Å². The number of rotatable bonds is 4. The summed E-state index contributed by atoms with van der Waals surface area (Å²) in [6.45, 7) is 8.79. The van der Waals surface area contributed by atoms with Crippen molar-refractivity contribution in [1.82, 2.24) is 5.32 Å².